The zero-order valence-corrected chi connectivity index (χ0v) is 30.7. The molecule has 0 saturated heterocycles. The molecule has 0 bridgehead atoms. The normalized spacial score (nSPS) is 13.2. The molecule has 274 valence electrons. The van der Waals surface area contributed by atoms with E-state index in [1.165, 1.54) is 89.9 Å². The Morgan fingerprint density at radius 3 is 1.60 bits per heavy atom. The van der Waals surface area contributed by atoms with E-state index in [1.807, 2.05) is 24.3 Å². The summed E-state index contributed by atoms with van der Waals surface area (Å²) in [4.78, 5) is 24.2. The lowest BCUT2D eigenvalue weighted by Gasteiger charge is -2.15. The van der Waals surface area contributed by atoms with Gasteiger partial charge in [-0.1, -0.05) is 172 Å². The van der Waals surface area contributed by atoms with E-state index in [4.69, 9.17) is 9.47 Å². The Labute approximate surface area is 289 Å². The van der Waals surface area contributed by atoms with Crippen LogP contribution in [-0.4, -0.2) is 47.6 Å². The summed E-state index contributed by atoms with van der Waals surface area (Å²) in [5.41, 5.74) is 0. The van der Waals surface area contributed by atoms with Crippen LogP contribution in [0.4, 0.5) is 0 Å². The summed E-state index contributed by atoms with van der Waals surface area (Å²) in [6.07, 6.45) is 41.1. The van der Waals surface area contributed by atoms with Crippen molar-refractivity contribution in [3.63, 3.8) is 0 Å². The fourth-order valence-electron chi connectivity index (χ4n) is 5.53. The van der Waals surface area contributed by atoms with Crippen LogP contribution in [0.5, 0.6) is 0 Å². The van der Waals surface area contributed by atoms with Crippen molar-refractivity contribution in [1.82, 2.24) is 0 Å². The molecule has 0 aliphatic rings. The summed E-state index contributed by atoms with van der Waals surface area (Å²) < 4.78 is 10.6. The van der Waals surface area contributed by atoms with Gasteiger partial charge in [-0.3, -0.25) is 9.59 Å². The molecule has 0 aromatic heterocycles. The van der Waals surface area contributed by atoms with E-state index in [9.17, 15) is 19.8 Å². The van der Waals surface area contributed by atoms with Crippen LogP contribution in [0.3, 0.4) is 0 Å². The number of aliphatic hydroxyl groups excluding tert-OH is 2. The summed E-state index contributed by atoms with van der Waals surface area (Å²) in [6.45, 7) is 3.91. The Bertz CT molecular complexity index is 774. The van der Waals surface area contributed by atoms with Gasteiger partial charge in [-0.25, -0.2) is 0 Å². The van der Waals surface area contributed by atoms with Crippen LogP contribution < -0.4 is 0 Å². The monoisotopic (exact) mass is 663 g/mol. The van der Waals surface area contributed by atoms with Crippen LogP contribution in [0.25, 0.3) is 0 Å². The van der Waals surface area contributed by atoms with E-state index in [-0.39, 0.29) is 25.2 Å². The number of hydrogen-bond donors (Lipinski definition) is 2. The van der Waals surface area contributed by atoms with Crippen LogP contribution in [-0.2, 0) is 19.1 Å². The van der Waals surface area contributed by atoms with E-state index < -0.39 is 12.2 Å². The highest BCUT2D eigenvalue weighted by Crippen LogP contribution is 2.15. The average molecular weight is 663 g/mol. The molecule has 0 heterocycles. The predicted octanol–water partition coefficient (Wildman–Crippen LogP) is 11.0. The first kappa shape index (κ1) is 45.1. The van der Waals surface area contributed by atoms with Gasteiger partial charge in [-0.2, -0.15) is 0 Å². The Hall–Kier alpha value is -1.92. The minimum atomic E-state index is -0.790. The second-order valence-electron chi connectivity index (χ2n) is 13.2. The van der Waals surface area contributed by atoms with Crippen LogP contribution >= 0.6 is 0 Å². The largest absolute Gasteiger partial charge is 0.462 e. The van der Waals surface area contributed by atoms with Crippen molar-refractivity contribution in [2.24, 2.45) is 0 Å². The van der Waals surface area contributed by atoms with Crippen LogP contribution in [0.1, 0.15) is 187 Å². The van der Waals surface area contributed by atoms with Gasteiger partial charge >= 0.3 is 11.9 Å². The lowest BCUT2D eigenvalue weighted by Crippen LogP contribution is -2.28. The predicted molar refractivity (Wildman–Crippen MR) is 197 cm³/mol. The SMILES string of the molecule is CC/C=C/CC(O)/C=C/C=C/CCCCCCCC(=O)OC[C@H](CO)OC(=O)CCCCCCCCCCCCCCCCCCC. The van der Waals surface area contributed by atoms with E-state index in [0.717, 1.165) is 64.2 Å². The molecule has 6 heteroatoms. The van der Waals surface area contributed by atoms with Crippen molar-refractivity contribution in [1.29, 1.82) is 0 Å². The number of allylic oxidation sites excluding steroid dienone is 4. The number of aliphatic hydroxyl groups is 2. The van der Waals surface area contributed by atoms with Gasteiger partial charge < -0.3 is 19.7 Å². The Morgan fingerprint density at radius 1 is 0.596 bits per heavy atom. The van der Waals surface area contributed by atoms with E-state index in [2.05, 4.69) is 26.0 Å². The van der Waals surface area contributed by atoms with Crippen molar-refractivity contribution in [2.75, 3.05) is 13.2 Å². The molecule has 0 aromatic carbocycles. The molecule has 0 rings (SSSR count). The summed E-state index contributed by atoms with van der Waals surface area (Å²) >= 11 is 0. The molecule has 0 amide bonds. The van der Waals surface area contributed by atoms with Gasteiger partial charge in [0.2, 0.25) is 0 Å². The molecule has 2 N–H and O–H groups in total. The van der Waals surface area contributed by atoms with Gasteiger partial charge in [-0.15, -0.1) is 0 Å². The van der Waals surface area contributed by atoms with Crippen molar-refractivity contribution in [3.05, 3.63) is 36.5 Å². The minimum Gasteiger partial charge on any atom is -0.462 e. The number of carbonyl (C=O) groups is 2. The molecule has 1 unspecified atom stereocenters. The number of carbonyl (C=O) groups excluding carboxylic acids is 2. The Morgan fingerprint density at radius 2 is 1.09 bits per heavy atom. The first-order chi connectivity index (χ1) is 23.0. The van der Waals surface area contributed by atoms with Crippen LogP contribution in [0.2, 0.25) is 0 Å². The summed E-state index contributed by atoms with van der Waals surface area (Å²) in [6, 6.07) is 0. The molecule has 0 saturated carbocycles. The van der Waals surface area contributed by atoms with E-state index in [0.29, 0.717) is 19.3 Å². The molecule has 0 aliphatic heterocycles. The number of rotatable bonds is 35. The maximum atomic E-state index is 12.2. The second kappa shape index (κ2) is 36.9. The third-order valence-corrected chi connectivity index (χ3v) is 8.53. The highest BCUT2D eigenvalue weighted by molar-refractivity contribution is 5.70. The maximum Gasteiger partial charge on any atom is 0.306 e. The first-order valence-electron chi connectivity index (χ1n) is 19.7. The summed E-state index contributed by atoms with van der Waals surface area (Å²) in [5.74, 6) is -0.640. The lowest BCUT2D eigenvalue weighted by atomic mass is 10.0. The van der Waals surface area contributed by atoms with E-state index in [1.54, 1.807) is 0 Å². The molecule has 0 aliphatic carbocycles. The fourth-order valence-corrected chi connectivity index (χ4v) is 5.53. The number of hydrogen-bond acceptors (Lipinski definition) is 6. The topological polar surface area (TPSA) is 93.1 Å². The van der Waals surface area contributed by atoms with Crippen LogP contribution in [0, 0.1) is 0 Å². The average Bonchev–Trinajstić information content (AvgIpc) is 3.07. The Balaban J connectivity index is 3.60. The molecule has 0 spiro atoms. The van der Waals surface area contributed by atoms with Crippen molar-refractivity contribution >= 4 is 11.9 Å². The van der Waals surface area contributed by atoms with Gasteiger partial charge in [0.15, 0.2) is 6.10 Å². The highest BCUT2D eigenvalue weighted by Gasteiger charge is 2.16. The van der Waals surface area contributed by atoms with Gasteiger partial charge in [0.05, 0.1) is 12.7 Å². The smallest absolute Gasteiger partial charge is 0.306 e. The summed E-state index contributed by atoms with van der Waals surface area (Å²) in [7, 11) is 0. The number of unbranched alkanes of at least 4 members (excludes halogenated alkanes) is 21. The van der Waals surface area contributed by atoms with Gasteiger partial charge in [0.25, 0.3) is 0 Å². The van der Waals surface area contributed by atoms with Crippen molar-refractivity contribution < 1.29 is 29.3 Å². The first-order valence-corrected chi connectivity index (χ1v) is 19.7. The fraction of sp³-hybridized carbons (Fsp3) is 0.805. The molecule has 2 atom stereocenters. The molecule has 0 radical (unpaired) electrons. The Kier molecular flexibility index (Phi) is 35.4. The molecular formula is C41H74O6. The molecule has 6 nitrogen and oxygen atoms in total. The van der Waals surface area contributed by atoms with Crippen molar-refractivity contribution in [3.8, 4) is 0 Å². The third-order valence-electron chi connectivity index (χ3n) is 8.53. The maximum absolute atomic E-state index is 12.2. The quantitative estimate of drug-likeness (QED) is 0.0304. The third kappa shape index (κ3) is 35.2. The summed E-state index contributed by atoms with van der Waals surface area (Å²) in [5, 5.41) is 19.4. The minimum absolute atomic E-state index is 0.0899. The second-order valence-corrected chi connectivity index (χ2v) is 13.2. The lowest BCUT2D eigenvalue weighted by molar-refractivity contribution is -0.161. The number of ether oxygens (including phenoxy) is 2. The van der Waals surface area contributed by atoms with Gasteiger partial charge in [0.1, 0.15) is 6.61 Å². The standard InChI is InChI=1S/C41H74O6/c1-3-5-7-8-9-10-11-12-13-14-15-16-17-20-24-27-31-35-41(45)47-39(36-42)37-46-40(44)34-30-26-23-21-18-19-22-25-29-33-38(43)32-28-6-4-2/h6,22,25,28-29,33,38-39,42-43H,3-5,7-21,23-24,26-27,30-32,34-37H2,1-2H3/b25-22+,28-6+,33-29+/t38?,39-/m0/s1. The highest BCUT2D eigenvalue weighted by atomic mass is 16.6. The molecule has 47 heavy (non-hydrogen) atoms. The zero-order valence-electron chi connectivity index (χ0n) is 30.7. The van der Waals surface area contributed by atoms with Crippen LogP contribution in [0.15, 0.2) is 36.5 Å². The molecule has 0 aromatic rings. The number of esters is 2. The van der Waals surface area contributed by atoms with Gasteiger partial charge in [-0.05, 0) is 38.5 Å². The van der Waals surface area contributed by atoms with Gasteiger partial charge in [0, 0.05) is 12.8 Å². The molecular weight excluding hydrogens is 588 g/mol. The van der Waals surface area contributed by atoms with E-state index >= 15 is 0 Å². The molecule has 0 fully saturated rings. The van der Waals surface area contributed by atoms with Crippen molar-refractivity contribution in [2.45, 2.75) is 199 Å². The zero-order chi connectivity index (χ0) is 34.5.